The summed E-state index contributed by atoms with van der Waals surface area (Å²) in [5.41, 5.74) is 0. The van der Waals surface area contributed by atoms with Crippen molar-refractivity contribution in [1.29, 1.82) is 0 Å². The molecular weight excluding hydrogens is 179 g/mol. The van der Waals surface area contributed by atoms with Gasteiger partial charge in [0.2, 0.25) is 0 Å². The van der Waals surface area contributed by atoms with Gasteiger partial charge in [0.1, 0.15) is 0 Å². The van der Waals surface area contributed by atoms with Crippen molar-refractivity contribution in [2.75, 3.05) is 19.6 Å². The third kappa shape index (κ3) is 8.09. The molecule has 0 radical (unpaired) electrons. The van der Waals surface area contributed by atoms with Crippen LogP contribution in [-0.2, 0) is 0 Å². The fraction of sp³-hybridized carbons (Fsp3) is 1.00. The van der Waals surface area contributed by atoms with E-state index in [1.165, 1.54) is 51.7 Å². The van der Waals surface area contributed by atoms with E-state index in [0.717, 1.165) is 0 Å². The molecule has 1 nitrogen and oxygen atoms in total. The lowest BCUT2D eigenvalue weighted by Gasteiger charge is -2.25. The Morgan fingerprint density at radius 2 is 1.46 bits per heavy atom. The molecule has 1 rings (SSSR count). The first kappa shape index (κ1) is 18.5. The van der Waals surface area contributed by atoms with Crippen LogP contribution in [0.4, 0.5) is 14.1 Å². The zero-order valence-corrected chi connectivity index (χ0v) is 8.33. The molecule has 1 aliphatic heterocycles. The Bertz CT molecular complexity index is 84.9. The maximum atomic E-state index is 2.60. The molecule has 1 fully saturated rings. The second-order valence-corrected chi connectivity index (χ2v) is 3.26. The summed E-state index contributed by atoms with van der Waals surface area (Å²) in [5, 5.41) is 0. The van der Waals surface area contributed by atoms with Gasteiger partial charge < -0.3 is 4.90 Å². The summed E-state index contributed by atoms with van der Waals surface area (Å²) in [6, 6.07) is 0. The Morgan fingerprint density at radius 1 is 0.923 bits per heavy atom. The minimum Gasteiger partial charge on any atom is -0.303 e. The number of likely N-dealkylation sites (tertiary alicyclic amines) is 1. The van der Waals surface area contributed by atoms with E-state index in [0.29, 0.717) is 0 Å². The van der Waals surface area contributed by atoms with Gasteiger partial charge in [-0.25, -0.2) is 0 Å². The van der Waals surface area contributed by atoms with Crippen LogP contribution in [0.3, 0.4) is 0 Å². The van der Waals surface area contributed by atoms with Crippen LogP contribution in [0, 0.1) is 0 Å². The van der Waals surface area contributed by atoms with E-state index in [2.05, 4.69) is 11.8 Å². The Balaban J connectivity index is -0.000000333. The fourth-order valence-electron chi connectivity index (χ4n) is 1.56. The number of nitrogens with zero attached hydrogens (tertiary/aromatic N) is 1. The first-order valence-corrected chi connectivity index (χ1v) is 4.66. The molecule has 0 saturated carbocycles. The quantitative estimate of drug-likeness (QED) is 0.678. The van der Waals surface area contributed by atoms with Gasteiger partial charge in [-0.3, -0.25) is 14.1 Å². The zero-order chi connectivity index (χ0) is 7.23. The third-order valence-corrected chi connectivity index (χ3v) is 2.28. The highest BCUT2D eigenvalue weighted by molar-refractivity contribution is 4.63. The molecule has 0 aromatic heterocycles. The highest BCUT2D eigenvalue weighted by Gasteiger charge is 2.07. The molecule has 0 spiro atoms. The minimum atomic E-state index is 0. The number of hydrogen-bond donors (Lipinski definition) is 0. The Labute approximate surface area is 78.6 Å². The molecule has 84 valence electrons. The standard InChI is InChI=1S/C9H19N.3FH/c1-2-3-7-10-8-5-4-6-9-10;;;/h2-9H2,1H3;3*1H. The van der Waals surface area contributed by atoms with Crippen LogP contribution >= 0.6 is 0 Å². The van der Waals surface area contributed by atoms with Crippen molar-refractivity contribution in [3.05, 3.63) is 0 Å². The lowest BCUT2D eigenvalue weighted by Crippen LogP contribution is -2.30. The van der Waals surface area contributed by atoms with Crippen molar-refractivity contribution in [1.82, 2.24) is 4.90 Å². The second-order valence-electron chi connectivity index (χ2n) is 3.26. The number of rotatable bonds is 3. The van der Waals surface area contributed by atoms with Gasteiger partial charge in [-0.15, -0.1) is 0 Å². The lowest BCUT2D eigenvalue weighted by atomic mass is 10.1. The first-order chi connectivity index (χ1) is 4.93. The molecule has 0 aromatic carbocycles. The van der Waals surface area contributed by atoms with Gasteiger partial charge in [0.15, 0.2) is 0 Å². The van der Waals surface area contributed by atoms with Gasteiger partial charge in [0.05, 0.1) is 0 Å². The summed E-state index contributed by atoms with van der Waals surface area (Å²) in [6.45, 7) is 6.33. The highest BCUT2D eigenvalue weighted by Crippen LogP contribution is 2.08. The van der Waals surface area contributed by atoms with Crippen molar-refractivity contribution >= 4 is 0 Å². The largest absolute Gasteiger partial charge is 0.303 e. The van der Waals surface area contributed by atoms with Crippen LogP contribution in [-0.4, -0.2) is 24.5 Å². The van der Waals surface area contributed by atoms with E-state index in [4.69, 9.17) is 0 Å². The van der Waals surface area contributed by atoms with Gasteiger partial charge in [0.25, 0.3) is 0 Å². The topological polar surface area (TPSA) is 3.24 Å². The maximum Gasteiger partial charge on any atom is -0.00187 e. The molecule has 0 atom stereocenters. The van der Waals surface area contributed by atoms with E-state index < -0.39 is 0 Å². The highest BCUT2D eigenvalue weighted by atomic mass is 19.0. The third-order valence-electron chi connectivity index (χ3n) is 2.28. The van der Waals surface area contributed by atoms with Crippen molar-refractivity contribution < 1.29 is 14.1 Å². The normalized spacial score (nSPS) is 16.4. The molecule has 0 bridgehead atoms. The molecule has 0 aliphatic carbocycles. The second kappa shape index (κ2) is 11.8. The summed E-state index contributed by atoms with van der Waals surface area (Å²) < 4.78 is 0. The molecule has 4 heteroatoms. The van der Waals surface area contributed by atoms with E-state index in [9.17, 15) is 0 Å². The molecule has 0 aromatic rings. The molecule has 0 unspecified atom stereocenters. The van der Waals surface area contributed by atoms with Crippen LogP contribution in [0.25, 0.3) is 0 Å². The van der Waals surface area contributed by atoms with Gasteiger partial charge in [-0.1, -0.05) is 19.8 Å². The van der Waals surface area contributed by atoms with Gasteiger partial charge in [-0.05, 0) is 38.9 Å². The molecule has 1 aliphatic rings. The Hall–Kier alpha value is -0.250. The molecule has 1 saturated heterocycles. The maximum absolute atomic E-state index is 2.60. The van der Waals surface area contributed by atoms with E-state index >= 15 is 0 Å². The molecule has 0 N–H and O–H groups in total. The average Bonchev–Trinajstić information content (AvgIpc) is 2.03. The molecular formula is C9H22F3N. The van der Waals surface area contributed by atoms with Gasteiger partial charge >= 0.3 is 0 Å². The zero-order valence-electron chi connectivity index (χ0n) is 8.33. The van der Waals surface area contributed by atoms with Gasteiger partial charge in [-0.2, -0.15) is 0 Å². The predicted octanol–water partition coefficient (Wildman–Crippen LogP) is 2.73. The average molecular weight is 201 g/mol. The smallest absolute Gasteiger partial charge is 0.00187 e. The Kier molecular flexibility index (Phi) is 16.7. The minimum absolute atomic E-state index is 0. The number of piperidine rings is 1. The summed E-state index contributed by atoms with van der Waals surface area (Å²) >= 11 is 0. The number of hydrogen-bond acceptors (Lipinski definition) is 1. The summed E-state index contributed by atoms with van der Waals surface area (Å²) in [5.74, 6) is 0. The Morgan fingerprint density at radius 3 is 1.92 bits per heavy atom. The van der Waals surface area contributed by atoms with Crippen LogP contribution in [0.15, 0.2) is 0 Å². The van der Waals surface area contributed by atoms with Crippen LogP contribution in [0.2, 0.25) is 0 Å². The van der Waals surface area contributed by atoms with Crippen LogP contribution < -0.4 is 0 Å². The summed E-state index contributed by atoms with van der Waals surface area (Å²) in [4.78, 5) is 2.60. The van der Waals surface area contributed by atoms with Crippen LogP contribution in [0.1, 0.15) is 39.0 Å². The first-order valence-electron chi connectivity index (χ1n) is 4.66. The van der Waals surface area contributed by atoms with Crippen molar-refractivity contribution in [2.45, 2.75) is 39.0 Å². The summed E-state index contributed by atoms with van der Waals surface area (Å²) in [7, 11) is 0. The molecule has 0 amide bonds. The van der Waals surface area contributed by atoms with E-state index in [1.54, 1.807) is 0 Å². The van der Waals surface area contributed by atoms with Crippen molar-refractivity contribution in [3.8, 4) is 0 Å². The monoisotopic (exact) mass is 201 g/mol. The number of halogens is 3. The number of unbranched alkanes of at least 4 members (excludes halogenated alkanes) is 1. The predicted molar refractivity (Wildman–Crippen MR) is 52.7 cm³/mol. The molecule has 1 heterocycles. The van der Waals surface area contributed by atoms with E-state index in [-0.39, 0.29) is 14.1 Å². The SMILES string of the molecule is CCCCN1CCCCC1.F.F.F. The fourth-order valence-corrected chi connectivity index (χ4v) is 1.56. The van der Waals surface area contributed by atoms with Crippen LogP contribution in [0.5, 0.6) is 0 Å². The van der Waals surface area contributed by atoms with Gasteiger partial charge in [0, 0.05) is 0 Å². The van der Waals surface area contributed by atoms with Crippen molar-refractivity contribution in [2.24, 2.45) is 0 Å². The lowest BCUT2D eigenvalue weighted by molar-refractivity contribution is 0.226. The van der Waals surface area contributed by atoms with Crippen molar-refractivity contribution in [3.63, 3.8) is 0 Å². The van der Waals surface area contributed by atoms with E-state index in [1.807, 2.05) is 0 Å². The summed E-state index contributed by atoms with van der Waals surface area (Å²) in [6.07, 6.45) is 7.06. The molecule has 13 heavy (non-hydrogen) atoms.